The summed E-state index contributed by atoms with van der Waals surface area (Å²) in [6, 6.07) is 15.2. The van der Waals surface area contributed by atoms with Crippen LogP contribution in [0.2, 0.25) is 5.02 Å². The molecule has 0 aliphatic rings. The molecule has 2 aromatic rings. The molecule has 0 spiro atoms. The van der Waals surface area contributed by atoms with E-state index < -0.39 is 0 Å². The van der Waals surface area contributed by atoms with Gasteiger partial charge in [-0.05, 0) is 42.3 Å². The average molecular weight is 301 g/mol. The first-order chi connectivity index (χ1) is 10.2. The molecule has 3 nitrogen and oxygen atoms in total. The smallest absolute Gasteiger partial charge is 0.119 e. The molecule has 0 saturated carbocycles. The van der Waals surface area contributed by atoms with Crippen LogP contribution >= 0.6 is 11.6 Å². The van der Waals surface area contributed by atoms with Gasteiger partial charge in [0.2, 0.25) is 0 Å². The van der Waals surface area contributed by atoms with Crippen LogP contribution in [-0.4, -0.2) is 6.61 Å². The maximum Gasteiger partial charge on any atom is 0.119 e. The van der Waals surface area contributed by atoms with Gasteiger partial charge in [0.1, 0.15) is 5.75 Å². The van der Waals surface area contributed by atoms with Gasteiger partial charge in [-0.25, -0.2) is 0 Å². The number of ether oxygens (including phenoxy) is 1. The third-order valence-electron chi connectivity index (χ3n) is 2.97. The van der Waals surface area contributed by atoms with Gasteiger partial charge in [-0.15, -0.1) is 0 Å². The van der Waals surface area contributed by atoms with Gasteiger partial charge in [0.05, 0.1) is 28.9 Å². The van der Waals surface area contributed by atoms with E-state index in [0.29, 0.717) is 17.1 Å². The predicted octanol–water partition coefficient (Wildman–Crippen LogP) is 4.61. The number of hydrogen-bond acceptors (Lipinski definition) is 3. The first-order valence-electron chi connectivity index (χ1n) is 6.88. The van der Waals surface area contributed by atoms with E-state index in [1.807, 2.05) is 24.3 Å². The summed E-state index contributed by atoms with van der Waals surface area (Å²) >= 11 is 6.11. The van der Waals surface area contributed by atoms with Crippen molar-refractivity contribution in [3.8, 4) is 11.8 Å². The Morgan fingerprint density at radius 1 is 1.19 bits per heavy atom. The largest absolute Gasteiger partial charge is 0.494 e. The number of halogens is 1. The van der Waals surface area contributed by atoms with Gasteiger partial charge >= 0.3 is 0 Å². The Morgan fingerprint density at radius 3 is 2.62 bits per heavy atom. The highest BCUT2D eigenvalue weighted by Crippen LogP contribution is 2.23. The lowest BCUT2D eigenvalue weighted by Crippen LogP contribution is -2.01. The lowest BCUT2D eigenvalue weighted by molar-refractivity contribution is 0.317. The second kappa shape index (κ2) is 7.56. The summed E-state index contributed by atoms with van der Waals surface area (Å²) in [7, 11) is 0. The molecule has 4 heteroatoms. The Balaban J connectivity index is 1.98. The van der Waals surface area contributed by atoms with E-state index >= 15 is 0 Å². The van der Waals surface area contributed by atoms with Gasteiger partial charge in [-0.2, -0.15) is 5.26 Å². The monoisotopic (exact) mass is 300 g/mol. The van der Waals surface area contributed by atoms with E-state index in [1.165, 1.54) is 0 Å². The molecule has 0 aliphatic carbocycles. The molecule has 0 heterocycles. The number of nitrogens with zero attached hydrogens (tertiary/aromatic N) is 1. The normalized spacial score (nSPS) is 9.95. The molecule has 0 fully saturated rings. The Morgan fingerprint density at radius 2 is 1.95 bits per heavy atom. The van der Waals surface area contributed by atoms with E-state index in [9.17, 15) is 0 Å². The molecule has 0 saturated heterocycles. The van der Waals surface area contributed by atoms with E-state index in [1.54, 1.807) is 18.2 Å². The fraction of sp³-hybridized carbons (Fsp3) is 0.235. The summed E-state index contributed by atoms with van der Waals surface area (Å²) in [5.74, 6) is 0.880. The van der Waals surface area contributed by atoms with Crippen molar-refractivity contribution >= 4 is 17.3 Å². The Kier molecular flexibility index (Phi) is 5.48. The molecule has 0 radical (unpaired) electrons. The van der Waals surface area contributed by atoms with Crippen molar-refractivity contribution < 1.29 is 4.74 Å². The molecular weight excluding hydrogens is 284 g/mol. The summed E-state index contributed by atoms with van der Waals surface area (Å²) in [4.78, 5) is 0. The maximum atomic E-state index is 8.90. The van der Waals surface area contributed by atoms with Gasteiger partial charge in [0, 0.05) is 6.54 Å². The van der Waals surface area contributed by atoms with Crippen LogP contribution in [0.1, 0.15) is 24.5 Å². The van der Waals surface area contributed by atoms with Crippen molar-refractivity contribution in [1.29, 1.82) is 5.26 Å². The van der Waals surface area contributed by atoms with Crippen LogP contribution in [0.4, 0.5) is 5.69 Å². The van der Waals surface area contributed by atoms with Crippen LogP contribution in [0.5, 0.6) is 5.75 Å². The Hall–Kier alpha value is -2.18. The van der Waals surface area contributed by atoms with Gasteiger partial charge in [0.15, 0.2) is 0 Å². The predicted molar refractivity (Wildman–Crippen MR) is 85.7 cm³/mol. The molecule has 0 amide bonds. The SMILES string of the molecule is CCCOc1ccc(CNc2cc(C#N)ccc2Cl)cc1. The number of rotatable bonds is 6. The molecule has 0 unspecified atom stereocenters. The third-order valence-corrected chi connectivity index (χ3v) is 3.30. The Bertz CT molecular complexity index is 632. The van der Waals surface area contributed by atoms with Gasteiger partial charge in [0.25, 0.3) is 0 Å². The number of benzene rings is 2. The zero-order valence-electron chi connectivity index (χ0n) is 11.9. The van der Waals surface area contributed by atoms with Crippen LogP contribution in [-0.2, 0) is 6.54 Å². The van der Waals surface area contributed by atoms with Crippen molar-refractivity contribution in [3.63, 3.8) is 0 Å². The van der Waals surface area contributed by atoms with Gasteiger partial charge in [-0.1, -0.05) is 30.7 Å². The first kappa shape index (κ1) is 15.2. The van der Waals surface area contributed by atoms with Crippen molar-refractivity contribution in [1.82, 2.24) is 0 Å². The van der Waals surface area contributed by atoms with Gasteiger partial charge < -0.3 is 10.1 Å². The van der Waals surface area contributed by atoms with Gasteiger partial charge in [-0.3, -0.25) is 0 Å². The zero-order valence-corrected chi connectivity index (χ0v) is 12.7. The molecule has 0 bridgehead atoms. The first-order valence-corrected chi connectivity index (χ1v) is 7.26. The van der Waals surface area contributed by atoms with Crippen molar-refractivity contribution in [3.05, 3.63) is 58.6 Å². The summed E-state index contributed by atoms with van der Waals surface area (Å²) in [6.45, 7) is 3.45. The number of anilines is 1. The summed E-state index contributed by atoms with van der Waals surface area (Å²) in [5.41, 5.74) is 2.48. The zero-order chi connectivity index (χ0) is 15.1. The van der Waals surface area contributed by atoms with E-state index in [-0.39, 0.29) is 0 Å². The van der Waals surface area contributed by atoms with Crippen molar-refractivity contribution in [2.24, 2.45) is 0 Å². The molecule has 21 heavy (non-hydrogen) atoms. The standard InChI is InChI=1S/C17H17ClN2O/c1-2-9-21-15-6-3-13(4-7-15)12-20-17-10-14(11-19)5-8-16(17)18/h3-8,10,20H,2,9,12H2,1H3. The van der Waals surface area contributed by atoms with Crippen LogP contribution in [0.15, 0.2) is 42.5 Å². The van der Waals surface area contributed by atoms with Crippen LogP contribution in [0.25, 0.3) is 0 Å². The second-order valence-corrected chi connectivity index (χ2v) is 5.06. The quantitative estimate of drug-likeness (QED) is 0.847. The Labute approximate surface area is 130 Å². The lowest BCUT2D eigenvalue weighted by Gasteiger charge is -2.10. The van der Waals surface area contributed by atoms with E-state index in [0.717, 1.165) is 30.0 Å². The number of hydrogen-bond donors (Lipinski definition) is 1. The minimum Gasteiger partial charge on any atom is -0.494 e. The molecule has 0 aliphatic heterocycles. The highest BCUT2D eigenvalue weighted by molar-refractivity contribution is 6.33. The second-order valence-electron chi connectivity index (χ2n) is 4.65. The number of nitriles is 1. The molecular formula is C17H17ClN2O. The fourth-order valence-corrected chi connectivity index (χ4v) is 2.04. The fourth-order valence-electron chi connectivity index (χ4n) is 1.85. The third kappa shape index (κ3) is 4.40. The number of nitrogens with one attached hydrogen (secondary N) is 1. The molecule has 2 aromatic carbocycles. The van der Waals surface area contributed by atoms with E-state index in [4.69, 9.17) is 21.6 Å². The highest BCUT2D eigenvalue weighted by atomic mass is 35.5. The van der Waals surface area contributed by atoms with Crippen LogP contribution in [0.3, 0.4) is 0 Å². The molecule has 0 atom stereocenters. The molecule has 1 N–H and O–H groups in total. The molecule has 108 valence electrons. The molecule has 0 aromatic heterocycles. The van der Waals surface area contributed by atoms with Crippen LogP contribution < -0.4 is 10.1 Å². The minimum absolute atomic E-state index is 0.588. The summed E-state index contributed by atoms with van der Waals surface area (Å²) in [5, 5.41) is 12.8. The van der Waals surface area contributed by atoms with Crippen molar-refractivity contribution in [2.45, 2.75) is 19.9 Å². The maximum absolute atomic E-state index is 8.90. The lowest BCUT2D eigenvalue weighted by atomic mass is 10.2. The molecule has 2 rings (SSSR count). The average Bonchev–Trinajstić information content (AvgIpc) is 2.53. The topological polar surface area (TPSA) is 45.0 Å². The minimum atomic E-state index is 0.588. The van der Waals surface area contributed by atoms with Crippen LogP contribution in [0, 0.1) is 11.3 Å². The highest BCUT2D eigenvalue weighted by Gasteiger charge is 2.02. The summed E-state index contributed by atoms with van der Waals surface area (Å²) < 4.78 is 5.54. The van der Waals surface area contributed by atoms with Crippen molar-refractivity contribution in [2.75, 3.05) is 11.9 Å². The van der Waals surface area contributed by atoms with E-state index in [2.05, 4.69) is 18.3 Å². The summed E-state index contributed by atoms with van der Waals surface area (Å²) in [6.07, 6.45) is 0.997.